The van der Waals surface area contributed by atoms with E-state index in [-0.39, 0.29) is 31.0 Å². The SMILES string of the molecule is CCc1ccc(S(=O)(=O)Cl)c(S(=O)(=O)N(Cc2ccc(OC)cc2)Cc2ccc(OC)cc2)c1-c1nnnn1Cc1ccc(OC)cc1. The molecule has 5 aromatic rings. The molecule has 0 N–H and O–H groups in total. The van der Waals surface area contributed by atoms with Gasteiger partial charge in [-0.1, -0.05) is 49.4 Å². The number of ether oxygens (including phenoxy) is 3. The Bertz CT molecular complexity index is 2040. The van der Waals surface area contributed by atoms with Crippen molar-refractivity contribution >= 4 is 29.8 Å². The maximum atomic E-state index is 15.0. The number of aromatic nitrogens is 4. The van der Waals surface area contributed by atoms with Crippen LogP contribution in [0.4, 0.5) is 0 Å². The lowest BCUT2D eigenvalue weighted by atomic mass is 10.0. The quantitative estimate of drug-likeness (QED) is 0.139. The minimum Gasteiger partial charge on any atom is -0.497 e. The van der Waals surface area contributed by atoms with Gasteiger partial charge in [0, 0.05) is 29.3 Å². The molecule has 12 nitrogen and oxygen atoms in total. The van der Waals surface area contributed by atoms with Crippen LogP contribution in [0.5, 0.6) is 17.2 Å². The molecule has 0 amide bonds. The van der Waals surface area contributed by atoms with Gasteiger partial charge in [0.05, 0.1) is 27.9 Å². The minimum atomic E-state index is -4.65. The predicted molar refractivity (Wildman–Crippen MR) is 180 cm³/mol. The van der Waals surface area contributed by atoms with Crippen molar-refractivity contribution in [3.63, 3.8) is 0 Å². The largest absolute Gasteiger partial charge is 0.497 e. The number of halogens is 1. The molecule has 0 aliphatic heterocycles. The van der Waals surface area contributed by atoms with E-state index in [1.165, 1.54) is 35.3 Å². The predicted octanol–water partition coefficient (Wildman–Crippen LogP) is 5.30. The molecule has 0 saturated heterocycles. The van der Waals surface area contributed by atoms with Crippen LogP contribution in [0.25, 0.3) is 11.4 Å². The summed E-state index contributed by atoms with van der Waals surface area (Å²) in [6, 6.07) is 23.8. The number of aryl methyl sites for hydroxylation is 1. The van der Waals surface area contributed by atoms with E-state index in [1.807, 2.05) is 19.1 Å². The number of sulfonamides is 1. The molecular formula is C33H34ClN5O7S2. The van der Waals surface area contributed by atoms with Gasteiger partial charge in [0.25, 0.3) is 9.05 Å². The van der Waals surface area contributed by atoms with E-state index in [1.54, 1.807) is 67.8 Å². The van der Waals surface area contributed by atoms with Crippen molar-refractivity contribution in [3.05, 3.63) is 107 Å². The topological polar surface area (TPSA) is 143 Å². The third kappa shape index (κ3) is 7.62. The van der Waals surface area contributed by atoms with Gasteiger partial charge in [0.1, 0.15) is 27.0 Å². The van der Waals surface area contributed by atoms with Crippen molar-refractivity contribution in [2.45, 2.75) is 42.8 Å². The Hall–Kier alpha value is -4.50. The maximum Gasteiger partial charge on any atom is 0.262 e. The Morgan fingerprint density at radius 1 is 0.708 bits per heavy atom. The smallest absolute Gasteiger partial charge is 0.262 e. The number of hydrogen-bond donors (Lipinski definition) is 0. The van der Waals surface area contributed by atoms with E-state index in [2.05, 4.69) is 15.5 Å². The third-order valence-corrected chi connectivity index (χ3v) is 11.1. The Kier molecular flexibility index (Phi) is 10.7. The summed E-state index contributed by atoms with van der Waals surface area (Å²) in [5, 5.41) is 12.2. The molecule has 0 unspecified atom stereocenters. The highest BCUT2D eigenvalue weighted by Crippen LogP contribution is 2.39. The van der Waals surface area contributed by atoms with Crippen LogP contribution in [0.3, 0.4) is 0 Å². The molecule has 0 saturated carbocycles. The first kappa shape index (κ1) is 34.8. The highest BCUT2D eigenvalue weighted by atomic mass is 35.7. The lowest BCUT2D eigenvalue weighted by molar-refractivity contribution is 0.396. The molecule has 0 fully saturated rings. The van der Waals surface area contributed by atoms with Crippen molar-refractivity contribution < 1.29 is 31.0 Å². The van der Waals surface area contributed by atoms with Gasteiger partial charge in [-0.15, -0.1) is 5.10 Å². The summed E-state index contributed by atoms with van der Waals surface area (Å²) in [6.45, 7) is 1.78. The van der Waals surface area contributed by atoms with Crippen LogP contribution >= 0.6 is 10.7 Å². The molecule has 1 aromatic heterocycles. The molecule has 0 spiro atoms. The fourth-order valence-electron chi connectivity index (χ4n) is 5.21. The van der Waals surface area contributed by atoms with E-state index in [4.69, 9.17) is 24.9 Å². The molecular weight excluding hydrogens is 678 g/mol. The Morgan fingerprint density at radius 2 is 1.19 bits per heavy atom. The van der Waals surface area contributed by atoms with Crippen molar-refractivity contribution in [3.8, 4) is 28.6 Å². The van der Waals surface area contributed by atoms with Gasteiger partial charge in [-0.05, 0) is 81.6 Å². The zero-order valence-corrected chi connectivity index (χ0v) is 29.1. The zero-order valence-electron chi connectivity index (χ0n) is 26.7. The molecule has 4 aromatic carbocycles. The first-order chi connectivity index (χ1) is 23.0. The fourth-order valence-corrected chi connectivity index (χ4v) is 8.63. The normalized spacial score (nSPS) is 11.9. The summed E-state index contributed by atoms with van der Waals surface area (Å²) in [6.07, 6.45) is 0.340. The lowest BCUT2D eigenvalue weighted by Crippen LogP contribution is -2.32. The average molecular weight is 712 g/mol. The van der Waals surface area contributed by atoms with Crippen molar-refractivity contribution in [1.29, 1.82) is 0 Å². The number of hydrogen-bond acceptors (Lipinski definition) is 10. The molecule has 0 bridgehead atoms. The Balaban J connectivity index is 1.71. The monoisotopic (exact) mass is 711 g/mol. The summed E-state index contributed by atoms with van der Waals surface area (Å²) in [5.74, 6) is 1.92. The van der Waals surface area contributed by atoms with Crippen LogP contribution in [0, 0.1) is 0 Å². The van der Waals surface area contributed by atoms with Crippen LogP contribution in [-0.4, -0.2) is 62.7 Å². The van der Waals surface area contributed by atoms with E-state index in [9.17, 15) is 8.42 Å². The van der Waals surface area contributed by atoms with Gasteiger partial charge < -0.3 is 14.2 Å². The molecule has 252 valence electrons. The minimum absolute atomic E-state index is 0.0483. The van der Waals surface area contributed by atoms with E-state index >= 15 is 8.42 Å². The van der Waals surface area contributed by atoms with E-state index < -0.39 is 28.9 Å². The summed E-state index contributed by atoms with van der Waals surface area (Å²) in [7, 11) is 1.38. The van der Waals surface area contributed by atoms with Gasteiger partial charge in [0.2, 0.25) is 10.0 Å². The molecule has 15 heteroatoms. The van der Waals surface area contributed by atoms with Crippen LogP contribution in [0.15, 0.2) is 94.7 Å². The van der Waals surface area contributed by atoms with Gasteiger partial charge >= 0.3 is 0 Å². The lowest BCUT2D eigenvalue weighted by Gasteiger charge is -2.26. The van der Waals surface area contributed by atoms with Gasteiger partial charge in [-0.2, -0.15) is 4.31 Å². The van der Waals surface area contributed by atoms with Crippen molar-refractivity contribution in [2.75, 3.05) is 21.3 Å². The zero-order chi connectivity index (χ0) is 34.5. The van der Waals surface area contributed by atoms with Gasteiger partial charge in [-0.25, -0.2) is 21.5 Å². The van der Waals surface area contributed by atoms with Crippen LogP contribution in [-0.2, 0) is 45.1 Å². The Morgan fingerprint density at radius 3 is 1.62 bits per heavy atom. The first-order valence-corrected chi connectivity index (χ1v) is 18.5. The first-order valence-electron chi connectivity index (χ1n) is 14.7. The van der Waals surface area contributed by atoms with Crippen LogP contribution in [0.1, 0.15) is 29.2 Å². The van der Waals surface area contributed by atoms with Crippen molar-refractivity contribution in [1.82, 2.24) is 24.5 Å². The van der Waals surface area contributed by atoms with Crippen molar-refractivity contribution in [2.24, 2.45) is 0 Å². The standard InChI is InChI=1S/C33H34ClN5O7S2/c1-5-26-12-19-30(47(34,40)41)32(31(26)33-35-36-37-39(33)22-25-10-17-29(46-4)18-11-25)48(42,43)38(20-23-6-13-27(44-2)14-7-23)21-24-8-15-28(45-3)16-9-24/h6-19H,5,20-22H2,1-4H3. The van der Waals surface area contributed by atoms with Gasteiger partial charge in [-0.3, -0.25) is 0 Å². The Labute approximate surface area is 284 Å². The summed E-state index contributed by atoms with van der Waals surface area (Å²) >= 11 is 0. The molecule has 0 radical (unpaired) electrons. The van der Waals surface area contributed by atoms with E-state index in [0.717, 1.165) is 5.56 Å². The van der Waals surface area contributed by atoms with Gasteiger partial charge in [0.15, 0.2) is 5.82 Å². The summed E-state index contributed by atoms with van der Waals surface area (Å²) in [4.78, 5) is -1.09. The maximum absolute atomic E-state index is 15.0. The fraction of sp³-hybridized carbons (Fsp3) is 0.242. The molecule has 0 aliphatic carbocycles. The molecule has 1 heterocycles. The third-order valence-electron chi connectivity index (χ3n) is 7.73. The number of nitrogens with zero attached hydrogens (tertiary/aromatic N) is 5. The van der Waals surface area contributed by atoms with Crippen LogP contribution in [0.2, 0.25) is 0 Å². The molecule has 0 aliphatic rings. The number of benzene rings is 4. The number of rotatable bonds is 14. The summed E-state index contributed by atoms with van der Waals surface area (Å²) < 4.78 is 74.8. The molecule has 5 rings (SSSR count). The highest BCUT2D eigenvalue weighted by molar-refractivity contribution is 8.14. The second-order valence-corrected chi connectivity index (χ2v) is 15.1. The average Bonchev–Trinajstić information content (AvgIpc) is 3.55. The number of methoxy groups -OCH3 is 3. The van der Waals surface area contributed by atoms with Crippen LogP contribution < -0.4 is 14.2 Å². The highest BCUT2D eigenvalue weighted by Gasteiger charge is 2.37. The molecule has 0 atom stereocenters. The molecule has 48 heavy (non-hydrogen) atoms. The van der Waals surface area contributed by atoms with E-state index in [0.29, 0.717) is 40.4 Å². The second-order valence-electron chi connectivity index (χ2n) is 10.7. The number of tetrazole rings is 1. The second kappa shape index (κ2) is 14.7. The summed E-state index contributed by atoms with van der Waals surface area (Å²) in [5.41, 5.74) is 2.64.